The van der Waals surface area contributed by atoms with E-state index in [0.717, 1.165) is 37.3 Å². The molecule has 5 nitrogen and oxygen atoms in total. The van der Waals surface area contributed by atoms with Crippen LogP contribution in [0.5, 0.6) is 0 Å². The molecule has 1 aliphatic rings. The topological polar surface area (TPSA) is 54.8 Å². The highest BCUT2D eigenvalue weighted by Crippen LogP contribution is 2.31. The van der Waals surface area contributed by atoms with Gasteiger partial charge in [-0.3, -0.25) is 4.90 Å². The molecular formula is C20H17N5S2. The zero-order valence-electron chi connectivity index (χ0n) is 14.6. The molecule has 7 heteroatoms. The normalized spacial score (nSPS) is 14.2. The lowest BCUT2D eigenvalue weighted by molar-refractivity contribution is 0.245. The average Bonchev–Trinajstić information content (AvgIpc) is 3.40. The highest BCUT2D eigenvalue weighted by atomic mass is 32.1. The Morgan fingerprint density at radius 1 is 1.04 bits per heavy atom. The van der Waals surface area contributed by atoms with Crippen LogP contribution in [0.4, 0.5) is 0 Å². The van der Waals surface area contributed by atoms with Gasteiger partial charge in [-0.25, -0.2) is 19.9 Å². The summed E-state index contributed by atoms with van der Waals surface area (Å²) in [6.07, 6.45) is 7.94. The number of nitrogens with zero attached hydrogens (tertiary/aromatic N) is 5. The van der Waals surface area contributed by atoms with E-state index in [9.17, 15) is 0 Å². The minimum atomic E-state index is 0.710. The lowest BCUT2D eigenvalue weighted by Crippen LogP contribution is -2.30. The smallest absolute Gasteiger partial charge is 0.162 e. The van der Waals surface area contributed by atoms with E-state index in [0.29, 0.717) is 5.82 Å². The first-order valence-corrected chi connectivity index (χ1v) is 10.5. The molecule has 1 aliphatic heterocycles. The van der Waals surface area contributed by atoms with Crippen LogP contribution in [0.15, 0.2) is 53.9 Å². The molecule has 0 atom stereocenters. The van der Waals surface area contributed by atoms with Crippen molar-refractivity contribution in [1.82, 2.24) is 24.8 Å². The van der Waals surface area contributed by atoms with Gasteiger partial charge in [-0.1, -0.05) is 0 Å². The van der Waals surface area contributed by atoms with Crippen LogP contribution in [-0.2, 0) is 19.5 Å². The van der Waals surface area contributed by atoms with Gasteiger partial charge in [-0.15, -0.1) is 11.3 Å². The largest absolute Gasteiger partial charge is 0.293 e. The monoisotopic (exact) mass is 391 g/mol. The summed E-state index contributed by atoms with van der Waals surface area (Å²) in [5.74, 6) is 0.710. The Balaban J connectivity index is 1.30. The second-order valence-electron chi connectivity index (χ2n) is 6.53. The number of fused-ring (bicyclic) bond motifs is 1. The Hall–Kier alpha value is -2.48. The van der Waals surface area contributed by atoms with E-state index in [4.69, 9.17) is 4.98 Å². The second-order valence-corrected chi connectivity index (χ2v) is 8.48. The Morgan fingerprint density at radius 3 is 2.81 bits per heavy atom. The second kappa shape index (κ2) is 7.26. The molecule has 5 rings (SSSR count). The zero-order chi connectivity index (χ0) is 18.1. The third-order valence-electron chi connectivity index (χ3n) is 4.68. The minimum Gasteiger partial charge on any atom is -0.293 e. The van der Waals surface area contributed by atoms with Crippen molar-refractivity contribution >= 4 is 22.7 Å². The van der Waals surface area contributed by atoms with Crippen molar-refractivity contribution in [2.75, 3.05) is 6.54 Å². The maximum atomic E-state index is 4.75. The summed E-state index contributed by atoms with van der Waals surface area (Å²) in [5.41, 5.74) is 4.55. The van der Waals surface area contributed by atoms with Crippen LogP contribution in [0.25, 0.3) is 21.8 Å². The SMILES string of the molecule is c1ncc(-c2ncc3c(n2)CCN(Cc2ccc(-c4ccsc4)s2)C3)cn1. The first kappa shape index (κ1) is 16.7. The summed E-state index contributed by atoms with van der Waals surface area (Å²) in [5, 5.41) is 4.34. The van der Waals surface area contributed by atoms with Gasteiger partial charge in [0.25, 0.3) is 0 Å². The standard InChI is InChI=1S/C20H17N5S2/c1-2-19(14-4-6-26-12-14)27-17(1)11-25-5-3-18-16(10-25)9-23-20(24-18)15-7-21-13-22-8-15/h1-2,4,6-9,12-13H,3,5,10-11H2. The molecule has 0 aliphatic carbocycles. The molecule has 0 amide bonds. The molecule has 0 N–H and O–H groups in total. The van der Waals surface area contributed by atoms with E-state index < -0.39 is 0 Å². The quantitative estimate of drug-likeness (QED) is 0.520. The van der Waals surface area contributed by atoms with Crippen LogP contribution < -0.4 is 0 Å². The van der Waals surface area contributed by atoms with Crippen LogP contribution in [0, 0.1) is 0 Å². The molecule has 0 aromatic carbocycles. The van der Waals surface area contributed by atoms with Crippen molar-refractivity contribution in [3.05, 3.63) is 70.0 Å². The molecule has 0 fully saturated rings. The highest BCUT2D eigenvalue weighted by Gasteiger charge is 2.19. The predicted molar refractivity (Wildman–Crippen MR) is 109 cm³/mol. The summed E-state index contributed by atoms with van der Waals surface area (Å²) in [6, 6.07) is 6.67. The predicted octanol–water partition coefficient (Wildman–Crippen LogP) is 4.28. The molecule has 134 valence electrons. The molecule has 0 saturated carbocycles. The van der Waals surface area contributed by atoms with E-state index in [-0.39, 0.29) is 0 Å². The van der Waals surface area contributed by atoms with Crippen molar-refractivity contribution < 1.29 is 0 Å². The van der Waals surface area contributed by atoms with E-state index in [1.807, 2.05) is 17.5 Å². The molecule has 0 bridgehead atoms. The number of aromatic nitrogens is 4. The van der Waals surface area contributed by atoms with Crippen LogP contribution in [0.1, 0.15) is 16.1 Å². The van der Waals surface area contributed by atoms with Crippen molar-refractivity contribution in [1.29, 1.82) is 0 Å². The van der Waals surface area contributed by atoms with Gasteiger partial charge in [0.15, 0.2) is 5.82 Å². The molecule has 4 aromatic rings. The summed E-state index contributed by atoms with van der Waals surface area (Å²) in [6.45, 7) is 2.88. The van der Waals surface area contributed by atoms with Gasteiger partial charge in [0.1, 0.15) is 6.33 Å². The molecule has 4 aromatic heterocycles. The third-order valence-corrected chi connectivity index (χ3v) is 6.48. The fourth-order valence-electron chi connectivity index (χ4n) is 3.31. The van der Waals surface area contributed by atoms with Crippen LogP contribution in [0.3, 0.4) is 0 Å². The van der Waals surface area contributed by atoms with E-state index >= 15 is 0 Å². The molecule has 5 heterocycles. The van der Waals surface area contributed by atoms with Crippen molar-refractivity contribution in [3.63, 3.8) is 0 Å². The molecular weight excluding hydrogens is 374 g/mol. The van der Waals surface area contributed by atoms with Crippen LogP contribution >= 0.6 is 22.7 Å². The van der Waals surface area contributed by atoms with Gasteiger partial charge < -0.3 is 0 Å². The Labute approximate surface area is 165 Å². The Kier molecular flexibility index (Phi) is 4.49. The zero-order valence-corrected chi connectivity index (χ0v) is 16.2. The lowest BCUT2D eigenvalue weighted by atomic mass is 10.1. The van der Waals surface area contributed by atoms with E-state index in [1.54, 1.807) is 23.7 Å². The average molecular weight is 392 g/mol. The van der Waals surface area contributed by atoms with Gasteiger partial charge in [0.05, 0.1) is 11.3 Å². The summed E-state index contributed by atoms with van der Waals surface area (Å²) in [4.78, 5) is 22.6. The highest BCUT2D eigenvalue weighted by molar-refractivity contribution is 7.16. The van der Waals surface area contributed by atoms with Gasteiger partial charge in [0, 0.05) is 65.5 Å². The Morgan fingerprint density at radius 2 is 1.96 bits per heavy atom. The van der Waals surface area contributed by atoms with E-state index in [1.165, 1.54) is 27.2 Å². The third kappa shape index (κ3) is 3.53. The van der Waals surface area contributed by atoms with Crippen molar-refractivity contribution in [2.24, 2.45) is 0 Å². The molecule has 0 radical (unpaired) electrons. The molecule has 0 spiro atoms. The maximum Gasteiger partial charge on any atom is 0.162 e. The first-order valence-electron chi connectivity index (χ1n) is 8.79. The molecule has 0 unspecified atom stereocenters. The Bertz CT molecular complexity index is 1040. The number of hydrogen-bond acceptors (Lipinski definition) is 7. The molecule has 0 saturated heterocycles. The summed E-state index contributed by atoms with van der Waals surface area (Å²) >= 11 is 3.63. The van der Waals surface area contributed by atoms with Gasteiger partial charge in [-0.2, -0.15) is 11.3 Å². The summed E-state index contributed by atoms with van der Waals surface area (Å²) in [7, 11) is 0. The fraction of sp³-hybridized carbons (Fsp3) is 0.200. The maximum absolute atomic E-state index is 4.75. The van der Waals surface area contributed by atoms with E-state index in [2.05, 4.69) is 48.8 Å². The molecule has 27 heavy (non-hydrogen) atoms. The van der Waals surface area contributed by atoms with Gasteiger partial charge >= 0.3 is 0 Å². The number of hydrogen-bond donors (Lipinski definition) is 0. The number of rotatable bonds is 4. The van der Waals surface area contributed by atoms with Crippen LogP contribution in [-0.4, -0.2) is 31.4 Å². The first-order chi connectivity index (χ1) is 13.3. The lowest BCUT2D eigenvalue weighted by Gasteiger charge is -2.27. The van der Waals surface area contributed by atoms with Crippen molar-refractivity contribution in [3.8, 4) is 21.8 Å². The fourth-order valence-corrected chi connectivity index (χ4v) is 5.08. The van der Waals surface area contributed by atoms with Crippen molar-refractivity contribution in [2.45, 2.75) is 19.5 Å². The van der Waals surface area contributed by atoms with Crippen LogP contribution in [0.2, 0.25) is 0 Å². The summed E-state index contributed by atoms with van der Waals surface area (Å²) < 4.78 is 0. The van der Waals surface area contributed by atoms with Gasteiger partial charge in [0.2, 0.25) is 0 Å². The minimum absolute atomic E-state index is 0.710. The number of thiophene rings is 2. The van der Waals surface area contributed by atoms with Gasteiger partial charge in [-0.05, 0) is 29.0 Å².